The van der Waals surface area contributed by atoms with Gasteiger partial charge in [0.15, 0.2) is 0 Å². The van der Waals surface area contributed by atoms with Gasteiger partial charge in [0, 0.05) is 29.9 Å². The van der Waals surface area contributed by atoms with Gasteiger partial charge in [-0.05, 0) is 43.3 Å². The van der Waals surface area contributed by atoms with Crippen molar-refractivity contribution in [3.8, 4) is 11.5 Å². The Morgan fingerprint density at radius 2 is 1.75 bits per heavy atom. The molecule has 7 heteroatoms. The fourth-order valence-corrected chi connectivity index (χ4v) is 2.50. The number of benzene rings is 1. The van der Waals surface area contributed by atoms with Gasteiger partial charge in [-0.1, -0.05) is 5.16 Å². The second-order valence-corrected chi connectivity index (χ2v) is 5.69. The summed E-state index contributed by atoms with van der Waals surface area (Å²) in [4.78, 5) is 9.56. The lowest BCUT2D eigenvalue weighted by molar-refractivity contribution is -0.0276. The lowest BCUT2D eigenvalue weighted by Crippen LogP contribution is -2.22. The van der Waals surface area contributed by atoms with Gasteiger partial charge < -0.3 is 9.25 Å². The average Bonchev–Trinajstić information content (AvgIpc) is 3.25. The summed E-state index contributed by atoms with van der Waals surface area (Å²) in [5.41, 5.74) is 1.55. The number of hydrogen-bond donors (Lipinski definition) is 0. The number of halogens is 1. The minimum atomic E-state index is -0.829. The van der Waals surface area contributed by atoms with Crippen molar-refractivity contribution in [2.75, 3.05) is 0 Å². The van der Waals surface area contributed by atoms with Crippen LogP contribution < -0.4 is 0 Å². The molecule has 0 saturated carbocycles. The molecule has 6 nitrogen and oxygen atoms in total. The van der Waals surface area contributed by atoms with Gasteiger partial charge >= 0.3 is 0 Å². The van der Waals surface area contributed by atoms with Gasteiger partial charge in [-0.15, -0.1) is 10.2 Å². The van der Waals surface area contributed by atoms with Crippen LogP contribution in [0, 0.1) is 5.82 Å². The van der Waals surface area contributed by atoms with Gasteiger partial charge in [0.25, 0.3) is 5.89 Å². The fraction of sp³-hybridized carbons (Fsp3) is 0.176. The standard InChI is InChI=1S/C17H13FN4O2/c1-17(10-14(22-24-17)11-6-8-19-9-7-11)16-21-20-15(23-16)12-2-4-13(18)5-3-12/h2-9H,10H2,1H3. The molecule has 2 aromatic heterocycles. The maximum atomic E-state index is 13.0. The highest BCUT2D eigenvalue weighted by molar-refractivity contribution is 6.01. The summed E-state index contributed by atoms with van der Waals surface area (Å²) < 4.78 is 18.7. The van der Waals surface area contributed by atoms with E-state index in [-0.39, 0.29) is 5.82 Å². The van der Waals surface area contributed by atoms with Crippen LogP contribution in [-0.4, -0.2) is 20.9 Å². The van der Waals surface area contributed by atoms with E-state index in [0.29, 0.717) is 23.8 Å². The minimum Gasteiger partial charge on any atom is -0.416 e. The third kappa shape index (κ3) is 2.54. The van der Waals surface area contributed by atoms with E-state index in [1.165, 1.54) is 12.1 Å². The van der Waals surface area contributed by atoms with E-state index >= 15 is 0 Å². The van der Waals surface area contributed by atoms with Gasteiger partial charge in [0.1, 0.15) is 5.82 Å². The molecule has 0 fully saturated rings. The Morgan fingerprint density at radius 1 is 1.00 bits per heavy atom. The highest BCUT2D eigenvalue weighted by Crippen LogP contribution is 2.36. The van der Waals surface area contributed by atoms with E-state index in [9.17, 15) is 4.39 Å². The molecule has 3 heterocycles. The number of rotatable bonds is 3. The van der Waals surface area contributed by atoms with Crippen LogP contribution in [0.2, 0.25) is 0 Å². The van der Waals surface area contributed by atoms with Gasteiger partial charge in [0.05, 0.1) is 5.71 Å². The number of pyridine rings is 1. The quantitative estimate of drug-likeness (QED) is 0.739. The molecule has 1 unspecified atom stereocenters. The molecule has 1 atom stereocenters. The lowest BCUT2D eigenvalue weighted by Gasteiger charge is -2.15. The van der Waals surface area contributed by atoms with Crippen LogP contribution >= 0.6 is 0 Å². The molecule has 0 aliphatic carbocycles. The zero-order chi connectivity index (χ0) is 16.6. The molecule has 0 amide bonds. The molecule has 3 aromatic rings. The van der Waals surface area contributed by atoms with Crippen LogP contribution in [0.5, 0.6) is 0 Å². The van der Waals surface area contributed by atoms with E-state index in [1.807, 2.05) is 19.1 Å². The van der Waals surface area contributed by atoms with Crippen molar-refractivity contribution in [2.45, 2.75) is 18.9 Å². The number of oxime groups is 1. The number of hydrogen-bond acceptors (Lipinski definition) is 6. The highest BCUT2D eigenvalue weighted by atomic mass is 19.1. The number of aromatic nitrogens is 3. The van der Waals surface area contributed by atoms with Crippen molar-refractivity contribution in [2.24, 2.45) is 5.16 Å². The van der Waals surface area contributed by atoms with Crippen molar-refractivity contribution in [1.29, 1.82) is 0 Å². The highest BCUT2D eigenvalue weighted by Gasteiger charge is 2.42. The van der Waals surface area contributed by atoms with Crippen LogP contribution in [-0.2, 0) is 10.4 Å². The first-order valence-corrected chi connectivity index (χ1v) is 7.39. The molecular formula is C17H13FN4O2. The summed E-state index contributed by atoms with van der Waals surface area (Å²) in [5, 5.41) is 12.2. The van der Waals surface area contributed by atoms with E-state index in [1.54, 1.807) is 24.5 Å². The third-order valence-electron chi connectivity index (χ3n) is 3.84. The van der Waals surface area contributed by atoms with Crippen LogP contribution in [0.15, 0.2) is 58.4 Å². The Morgan fingerprint density at radius 3 is 2.50 bits per heavy atom. The normalized spacial score (nSPS) is 19.8. The first-order chi connectivity index (χ1) is 11.6. The third-order valence-corrected chi connectivity index (χ3v) is 3.84. The average molecular weight is 324 g/mol. The smallest absolute Gasteiger partial charge is 0.263 e. The maximum Gasteiger partial charge on any atom is 0.263 e. The van der Waals surface area contributed by atoms with Crippen LogP contribution in [0.25, 0.3) is 11.5 Å². The topological polar surface area (TPSA) is 73.4 Å². The Labute approximate surface area is 137 Å². The van der Waals surface area contributed by atoms with E-state index in [2.05, 4.69) is 20.3 Å². The van der Waals surface area contributed by atoms with E-state index in [0.717, 1.165) is 11.3 Å². The number of nitrogens with zero attached hydrogens (tertiary/aromatic N) is 4. The molecule has 1 aliphatic rings. The van der Waals surface area contributed by atoms with Gasteiger partial charge in [0.2, 0.25) is 11.5 Å². The van der Waals surface area contributed by atoms with Crippen molar-refractivity contribution in [3.05, 3.63) is 66.1 Å². The van der Waals surface area contributed by atoms with Crippen LogP contribution in [0.4, 0.5) is 4.39 Å². The Kier molecular flexibility index (Phi) is 3.34. The van der Waals surface area contributed by atoms with Crippen molar-refractivity contribution in [3.63, 3.8) is 0 Å². The predicted octanol–water partition coefficient (Wildman–Crippen LogP) is 3.31. The lowest BCUT2D eigenvalue weighted by atomic mass is 9.96. The predicted molar refractivity (Wildman–Crippen MR) is 83.5 cm³/mol. The van der Waals surface area contributed by atoms with Gasteiger partial charge in [-0.3, -0.25) is 4.98 Å². The molecule has 0 N–H and O–H groups in total. The molecule has 1 aromatic carbocycles. The Bertz CT molecular complexity index is 892. The summed E-state index contributed by atoms with van der Waals surface area (Å²) in [6, 6.07) is 9.60. The van der Waals surface area contributed by atoms with E-state index < -0.39 is 5.60 Å². The molecule has 1 aliphatic heterocycles. The van der Waals surface area contributed by atoms with Crippen LogP contribution in [0.1, 0.15) is 24.8 Å². The summed E-state index contributed by atoms with van der Waals surface area (Å²) in [6.07, 6.45) is 3.90. The maximum absolute atomic E-state index is 13.0. The summed E-state index contributed by atoms with van der Waals surface area (Å²) in [7, 11) is 0. The van der Waals surface area contributed by atoms with Crippen molar-refractivity contribution in [1.82, 2.24) is 15.2 Å². The van der Waals surface area contributed by atoms with Gasteiger partial charge in [-0.2, -0.15) is 0 Å². The Balaban J connectivity index is 1.58. The van der Waals surface area contributed by atoms with Crippen molar-refractivity contribution < 1.29 is 13.6 Å². The van der Waals surface area contributed by atoms with E-state index in [4.69, 9.17) is 9.25 Å². The second kappa shape index (κ2) is 5.52. The summed E-state index contributed by atoms with van der Waals surface area (Å²) >= 11 is 0. The molecule has 0 radical (unpaired) electrons. The van der Waals surface area contributed by atoms with Crippen LogP contribution in [0.3, 0.4) is 0 Å². The first kappa shape index (κ1) is 14.5. The zero-order valence-electron chi connectivity index (χ0n) is 12.8. The van der Waals surface area contributed by atoms with Crippen molar-refractivity contribution >= 4 is 5.71 Å². The molecule has 120 valence electrons. The monoisotopic (exact) mass is 324 g/mol. The molecule has 24 heavy (non-hydrogen) atoms. The first-order valence-electron chi connectivity index (χ1n) is 7.39. The molecule has 0 saturated heterocycles. The zero-order valence-corrected chi connectivity index (χ0v) is 12.8. The summed E-state index contributed by atoms with van der Waals surface area (Å²) in [6.45, 7) is 1.84. The largest absolute Gasteiger partial charge is 0.416 e. The molecule has 4 rings (SSSR count). The van der Waals surface area contributed by atoms with Gasteiger partial charge in [-0.25, -0.2) is 4.39 Å². The SMILES string of the molecule is CC1(c2nnc(-c3ccc(F)cc3)o2)CC(c2ccncc2)=NO1. The second-order valence-electron chi connectivity index (χ2n) is 5.69. The fourth-order valence-electron chi connectivity index (χ4n) is 2.50. The molecule has 0 bridgehead atoms. The Hall–Kier alpha value is -3.09. The minimum absolute atomic E-state index is 0.312. The summed E-state index contributed by atoms with van der Waals surface area (Å²) in [5.74, 6) is 0.321. The molecule has 0 spiro atoms. The molecular weight excluding hydrogens is 311 g/mol.